The van der Waals surface area contributed by atoms with Gasteiger partial charge in [-0.3, -0.25) is 4.79 Å². The van der Waals surface area contributed by atoms with E-state index >= 15 is 0 Å². The zero-order valence-corrected chi connectivity index (χ0v) is 10.1. The number of nitrogens with zero attached hydrogens (tertiary/aromatic N) is 4. The van der Waals surface area contributed by atoms with Crippen LogP contribution in [0.4, 0.5) is 0 Å². The van der Waals surface area contributed by atoms with E-state index < -0.39 is 5.97 Å². The Kier molecular flexibility index (Phi) is 3.32. The van der Waals surface area contributed by atoms with Crippen molar-refractivity contribution < 1.29 is 14.7 Å². The highest BCUT2D eigenvalue weighted by Gasteiger charge is 2.32. The van der Waals surface area contributed by atoms with E-state index in [-0.39, 0.29) is 17.6 Å². The summed E-state index contributed by atoms with van der Waals surface area (Å²) in [6.45, 7) is 1.14. The average molecular weight is 256 g/mol. The van der Waals surface area contributed by atoms with Gasteiger partial charge >= 0.3 is 5.97 Å². The summed E-state index contributed by atoms with van der Waals surface area (Å²) in [6.07, 6.45) is 3.27. The van der Waals surface area contributed by atoms with E-state index in [0.717, 1.165) is 0 Å². The van der Waals surface area contributed by atoms with E-state index in [4.69, 9.17) is 5.11 Å². The van der Waals surface area contributed by atoms with Crippen molar-refractivity contribution in [1.29, 1.82) is 0 Å². The molecule has 0 saturated carbocycles. The van der Waals surface area contributed by atoms with Crippen LogP contribution in [0.25, 0.3) is 0 Å². The molecule has 0 bridgehead atoms. The Bertz CT molecular complexity index is 441. The van der Waals surface area contributed by atoms with Crippen molar-refractivity contribution in [2.45, 2.75) is 6.04 Å². The van der Waals surface area contributed by atoms with Gasteiger partial charge in [0.25, 0.3) is 0 Å². The van der Waals surface area contributed by atoms with Crippen LogP contribution < -0.4 is 0 Å². The molecular formula is C9H12N4O3S. The van der Waals surface area contributed by atoms with Crippen LogP contribution in [-0.4, -0.2) is 62.0 Å². The fourth-order valence-electron chi connectivity index (χ4n) is 1.59. The van der Waals surface area contributed by atoms with E-state index in [0.29, 0.717) is 18.8 Å². The standard InChI is InChI=1S/C9H12N4O3S/c1-17-5-8(14)12-2-6(3-12)13-4-7(9(15)16)10-11-13/h4,6H,2-3,5H2,1H3,(H,15,16). The summed E-state index contributed by atoms with van der Waals surface area (Å²) in [5.74, 6) is -0.511. The SMILES string of the molecule is CSCC(=O)N1CC(n2cc(C(=O)O)nn2)C1. The first-order valence-corrected chi connectivity index (χ1v) is 6.43. The Labute approximate surface area is 102 Å². The molecule has 0 radical (unpaired) electrons. The van der Waals surface area contributed by atoms with Crippen LogP contribution in [0.3, 0.4) is 0 Å². The first-order valence-electron chi connectivity index (χ1n) is 5.03. The lowest BCUT2D eigenvalue weighted by Crippen LogP contribution is -2.51. The van der Waals surface area contributed by atoms with Crippen molar-refractivity contribution in [3.05, 3.63) is 11.9 Å². The largest absolute Gasteiger partial charge is 0.476 e. The van der Waals surface area contributed by atoms with Gasteiger partial charge in [-0.1, -0.05) is 5.21 Å². The molecule has 1 aliphatic rings. The maximum absolute atomic E-state index is 11.5. The highest BCUT2D eigenvalue weighted by Crippen LogP contribution is 2.20. The van der Waals surface area contributed by atoms with E-state index in [1.807, 2.05) is 6.26 Å². The molecule has 1 aromatic heterocycles. The maximum Gasteiger partial charge on any atom is 0.358 e. The molecule has 0 aliphatic carbocycles. The van der Waals surface area contributed by atoms with Crippen molar-refractivity contribution in [2.24, 2.45) is 0 Å². The zero-order valence-electron chi connectivity index (χ0n) is 9.24. The molecule has 1 aliphatic heterocycles. The van der Waals surface area contributed by atoms with Crippen molar-refractivity contribution in [1.82, 2.24) is 19.9 Å². The number of carboxylic acids is 1. The number of rotatable bonds is 4. The van der Waals surface area contributed by atoms with Crippen molar-refractivity contribution in [2.75, 3.05) is 25.1 Å². The number of carbonyl (C=O) groups is 2. The second-order valence-electron chi connectivity index (χ2n) is 3.77. The molecule has 1 amide bonds. The van der Waals surface area contributed by atoms with E-state index in [1.165, 1.54) is 22.6 Å². The summed E-state index contributed by atoms with van der Waals surface area (Å²) in [6, 6.07) is 0.0430. The van der Waals surface area contributed by atoms with Crippen LogP contribution in [-0.2, 0) is 4.79 Å². The predicted molar refractivity (Wildman–Crippen MR) is 61.0 cm³/mol. The minimum Gasteiger partial charge on any atom is -0.476 e. The molecule has 0 aromatic carbocycles. The number of likely N-dealkylation sites (tertiary alicyclic amines) is 1. The van der Waals surface area contributed by atoms with E-state index in [1.54, 1.807) is 4.90 Å². The molecule has 2 rings (SSSR count). The summed E-state index contributed by atoms with van der Waals surface area (Å²) in [5, 5.41) is 16.0. The molecule has 0 unspecified atom stereocenters. The van der Waals surface area contributed by atoms with E-state index in [9.17, 15) is 9.59 Å². The Morgan fingerprint density at radius 2 is 2.29 bits per heavy atom. The third-order valence-electron chi connectivity index (χ3n) is 2.59. The van der Waals surface area contributed by atoms with Gasteiger partial charge in [0.05, 0.1) is 18.0 Å². The highest BCUT2D eigenvalue weighted by atomic mass is 32.2. The fraction of sp³-hybridized carbons (Fsp3) is 0.556. The van der Waals surface area contributed by atoms with Crippen LogP contribution in [0.1, 0.15) is 16.5 Å². The van der Waals surface area contributed by atoms with Gasteiger partial charge in [0, 0.05) is 13.1 Å². The lowest BCUT2D eigenvalue weighted by atomic mass is 10.1. The molecule has 1 saturated heterocycles. The topological polar surface area (TPSA) is 88.3 Å². The van der Waals surface area contributed by atoms with Crippen LogP contribution in [0.15, 0.2) is 6.20 Å². The maximum atomic E-state index is 11.5. The lowest BCUT2D eigenvalue weighted by Gasteiger charge is -2.38. The monoisotopic (exact) mass is 256 g/mol. The summed E-state index contributed by atoms with van der Waals surface area (Å²) >= 11 is 1.49. The van der Waals surface area contributed by atoms with Gasteiger partial charge in [-0.25, -0.2) is 9.48 Å². The smallest absolute Gasteiger partial charge is 0.358 e. The number of hydrogen-bond donors (Lipinski definition) is 1. The van der Waals surface area contributed by atoms with Crippen molar-refractivity contribution in [3.8, 4) is 0 Å². The van der Waals surface area contributed by atoms with Crippen LogP contribution in [0.2, 0.25) is 0 Å². The number of carboxylic acid groups (broad SMARTS) is 1. The molecule has 1 aromatic rings. The number of aromatic nitrogens is 3. The molecule has 0 atom stereocenters. The Morgan fingerprint density at radius 3 is 2.82 bits per heavy atom. The van der Waals surface area contributed by atoms with Gasteiger partial charge in [-0.2, -0.15) is 11.8 Å². The second-order valence-corrected chi connectivity index (χ2v) is 4.64. The fourth-order valence-corrected chi connectivity index (χ4v) is 2.02. The van der Waals surface area contributed by atoms with Crippen LogP contribution in [0, 0.1) is 0 Å². The van der Waals surface area contributed by atoms with Crippen LogP contribution in [0.5, 0.6) is 0 Å². The predicted octanol–water partition coefficient (Wildman–Crippen LogP) is -0.277. The van der Waals surface area contributed by atoms with Gasteiger partial charge in [-0.05, 0) is 6.26 Å². The number of amides is 1. The molecule has 8 heteroatoms. The number of carbonyl (C=O) groups excluding carboxylic acids is 1. The molecule has 0 spiro atoms. The summed E-state index contributed by atoms with van der Waals surface area (Å²) in [4.78, 5) is 23.8. The van der Waals surface area contributed by atoms with Gasteiger partial charge in [0.2, 0.25) is 5.91 Å². The van der Waals surface area contributed by atoms with Gasteiger partial charge < -0.3 is 10.0 Å². The quantitative estimate of drug-likeness (QED) is 0.797. The van der Waals surface area contributed by atoms with Crippen LogP contribution >= 0.6 is 11.8 Å². The third-order valence-corrected chi connectivity index (χ3v) is 3.12. The summed E-state index contributed by atoms with van der Waals surface area (Å²) in [5.41, 5.74) is -0.0705. The summed E-state index contributed by atoms with van der Waals surface area (Å²) in [7, 11) is 0. The van der Waals surface area contributed by atoms with Gasteiger partial charge in [-0.15, -0.1) is 5.10 Å². The van der Waals surface area contributed by atoms with E-state index in [2.05, 4.69) is 10.3 Å². The zero-order chi connectivity index (χ0) is 12.4. The normalized spacial score (nSPS) is 15.7. The molecule has 2 heterocycles. The molecule has 92 valence electrons. The minimum absolute atomic E-state index is 0.0430. The average Bonchev–Trinajstić information content (AvgIpc) is 2.65. The lowest BCUT2D eigenvalue weighted by molar-refractivity contribution is -0.134. The Balaban J connectivity index is 1.90. The first kappa shape index (κ1) is 11.9. The molecule has 7 nitrogen and oxygen atoms in total. The highest BCUT2D eigenvalue weighted by molar-refractivity contribution is 7.99. The second kappa shape index (κ2) is 4.74. The number of aromatic carboxylic acids is 1. The van der Waals surface area contributed by atoms with Crippen molar-refractivity contribution in [3.63, 3.8) is 0 Å². The molecule has 1 fully saturated rings. The van der Waals surface area contributed by atoms with Gasteiger partial charge in [0.15, 0.2) is 5.69 Å². The summed E-state index contributed by atoms with van der Waals surface area (Å²) < 4.78 is 1.51. The Hall–Kier alpha value is -1.57. The number of thioether (sulfide) groups is 1. The molecular weight excluding hydrogens is 244 g/mol. The minimum atomic E-state index is -1.09. The molecule has 1 N–H and O–H groups in total. The van der Waals surface area contributed by atoms with Crippen molar-refractivity contribution >= 4 is 23.6 Å². The first-order chi connectivity index (χ1) is 8.11. The number of hydrogen-bond acceptors (Lipinski definition) is 5. The Morgan fingerprint density at radius 1 is 1.59 bits per heavy atom. The molecule has 17 heavy (non-hydrogen) atoms. The third kappa shape index (κ3) is 2.41. The van der Waals surface area contributed by atoms with Gasteiger partial charge in [0.1, 0.15) is 0 Å².